The quantitative estimate of drug-likeness (QED) is 0.802. The third kappa shape index (κ3) is 3.11. The lowest BCUT2D eigenvalue weighted by molar-refractivity contribution is -0.123. The van der Waals surface area contributed by atoms with Gasteiger partial charge in [-0.2, -0.15) is 5.11 Å². The standard InChI is InChI=1S/C19H16ClN5O3/c1-11-4-2-3-5-14(11)21-15(26)10-24-17-16(22-23-24)18(27)25(19(17)28)13-8-6-12(20)7-9-13/h2-9,16-17H,10H2,1H3,(H,21,26)/t16-,17+/m0/s1. The molecule has 1 saturated heterocycles. The van der Waals surface area contributed by atoms with E-state index in [0.29, 0.717) is 16.4 Å². The number of rotatable bonds is 4. The number of amides is 3. The minimum atomic E-state index is -0.950. The van der Waals surface area contributed by atoms with Crippen molar-refractivity contribution in [2.24, 2.45) is 10.3 Å². The molecule has 2 heterocycles. The van der Waals surface area contributed by atoms with Gasteiger partial charge in [0, 0.05) is 10.7 Å². The van der Waals surface area contributed by atoms with Gasteiger partial charge < -0.3 is 5.32 Å². The van der Waals surface area contributed by atoms with Gasteiger partial charge in [-0.05, 0) is 42.8 Å². The van der Waals surface area contributed by atoms with Crippen molar-refractivity contribution in [2.45, 2.75) is 19.0 Å². The maximum Gasteiger partial charge on any atom is 0.263 e. The van der Waals surface area contributed by atoms with E-state index in [-0.39, 0.29) is 12.5 Å². The van der Waals surface area contributed by atoms with Crippen LogP contribution in [-0.4, -0.2) is 41.4 Å². The number of nitrogens with zero attached hydrogens (tertiary/aromatic N) is 4. The van der Waals surface area contributed by atoms with E-state index in [4.69, 9.17) is 11.6 Å². The van der Waals surface area contributed by atoms with Gasteiger partial charge in [-0.3, -0.25) is 19.4 Å². The number of aryl methyl sites for hydroxylation is 1. The van der Waals surface area contributed by atoms with Gasteiger partial charge in [0.1, 0.15) is 6.54 Å². The van der Waals surface area contributed by atoms with Crippen molar-refractivity contribution < 1.29 is 14.4 Å². The number of benzene rings is 2. The Morgan fingerprint density at radius 3 is 2.54 bits per heavy atom. The van der Waals surface area contributed by atoms with Crippen LogP contribution in [0.5, 0.6) is 0 Å². The summed E-state index contributed by atoms with van der Waals surface area (Å²) < 4.78 is 0. The van der Waals surface area contributed by atoms with E-state index < -0.39 is 23.9 Å². The summed E-state index contributed by atoms with van der Waals surface area (Å²) in [5, 5.41) is 12.3. The molecule has 4 rings (SSSR count). The summed E-state index contributed by atoms with van der Waals surface area (Å²) in [4.78, 5) is 39.0. The lowest BCUT2D eigenvalue weighted by Gasteiger charge is -2.20. The van der Waals surface area contributed by atoms with Gasteiger partial charge in [-0.1, -0.05) is 35.0 Å². The summed E-state index contributed by atoms with van der Waals surface area (Å²) in [7, 11) is 0. The monoisotopic (exact) mass is 397 g/mol. The van der Waals surface area contributed by atoms with Crippen molar-refractivity contribution in [1.82, 2.24) is 5.01 Å². The summed E-state index contributed by atoms with van der Waals surface area (Å²) in [6.07, 6.45) is 0. The molecule has 28 heavy (non-hydrogen) atoms. The molecule has 2 aliphatic heterocycles. The van der Waals surface area contributed by atoms with Crippen molar-refractivity contribution in [2.75, 3.05) is 16.8 Å². The number of imide groups is 1. The summed E-state index contributed by atoms with van der Waals surface area (Å²) in [6, 6.07) is 11.9. The molecule has 8 nitrogen and oxygen atoms in total. The summed E-state index contributed by atoms with van der Waals surface area (Å²) in [5.41, 5.74) is 2.00. The smallest absolute Gasteiger partial charge is 0.263 e. The Labute approximate surface area is 165 Å². The van der Waals surface area contributed by atoms with Crippen LogP contribution >= 0.6 is 11.6 Å². The summed E-state index contributed by atoms with van der Waals surface area (Å²) in [5.74, 6) is -1.28. The van der Waals surface area contributed by atoms with Gasteiger partial charge >= 0.3 is 0 Å². The normalized spacial score (nSPS) is 20.6. The van der Waals surface area contributed by atoms with Crippen LogP contribution in [0.4, 0.5) is 11.4 Å². The van der Waals surface area contributed by atoms with Crippen LogP contribution in [0.3, 0.4) is 0 Å². The SMILES string of the molecule is Cc1ccccc1NC(=O)CN1N=N[C@@H]2C(=O)N(c3ccc(Cl)cc3)C(=O)[C@@H]21. The van der Waals surface area contributed by atoms with Crippen molar-refractivity contribution in [3.63, 3.8) is 0 Å². The fourth-order valence-electron chi connectivity index (χ4n) is 3.25. The van der Waals surface area contributed by atoms with Crippen LogP contribution in [0.15, 0.2) is 58.9 Å². The Bertz CT molecular complexity index is 991. The molecule has 9 heteroatoms. The van der Waals surface area contributed by atoms with Gasteiger partial charge in [0.2, 0.25) is 5.91 Å². The maximum absolute atomic E-state index is 12.9. The second kappa shape index (κ2) is 7.05. The lowest BCUT2D eigenvalue weighted by atomic mass is 10.1. The molecular weight excluding hydrogens is 382 g/mol. The molecule has 0 spiro atoms. The van der Waals surface area contributed by atoms with E-state index in [9.17, 15) is 14.4 Å². The Morgan fingerprint density at radius 2 is 1.82 bits per heavy atom. The second-order valence-corrected chi connectivity index (χ2v) is 6.98. The zero-order valence-corrected chi connectivity index (χ0v) is 15.6. The van der Waals surface area contributed by atoms with Crippen LogP contribution in [0.25, 0.3) is 0 Å². The molecule has 1 N–H and O–H groups in total. The van der Waals surface area contributed by atoms with E-state index in [1.807, 2.05) is 25.1 Å². The fourth-order valence-corrected chi connectivity index (χ4v) is 3.37. The zero-order valence-electron chi connectivity index (χ0n) is 14.9. The highest BCUT2D eigenvalue weighted by atomic mass is 35.5. The van der Waals surface area contributed by atoms with Gasteiger partial charge in [0.25, 0.3) is 11.8 Å². The molecule has 142 valence electrons. The second-order valence-electron chi connectivity index (χ2n) is 6.54. The average molecular weight is 398 g/mol. The molecule has 0 aliphatic carbocycles. The van der Waals surface area contributed by atoms with Crippen LogP contribution < -0.4 is 10.2 Å². The first kappa shape index (κ1) is 18.1. The Balaban J connectivity index is 1.49. The third-order valence-electron chi connectivity index (χ3n) is 4.67. The topological polar surface area (TPSA) is 94.4 Å². The molecule has 0 bridgehead atoms. The number of hydrogen-bond donors (Lipinski definition) is 1. The molecule has 2 aromatic rings. The van der Waals surface area contributed by atoms with Gasteiger partial charge in [-0.15, -0.1) is 0 Å². The first-order valence-corrected chi connectivity index (χ1v) is 9.00. The number of carbonyl (C=O) groups excluding carboxylic acids is 3. The Morgan fingerprint density at radius 1 is 1.11 bits per heavy atom. The first-order valence-electron chi connectivity index (χ1n) is 8.62. The molecule has 2 atom stereocenters. The van der Waals surface area contributed by atoms with Crippen molar-refractivity contribution in [3.8, 4) is 0 Å². The molecule has 0 saturated carbocycles. The number of nitrogens with one attached hydrogen (secondary N) is 1. The lowest BCUT2D eigenvalue weighted by Crippen LogP contribution is -2.43. The van der Waals surface area contributed by atoms with Crippen LogP contribution in [-0.2, 0) is 14.4 Å². The molecular formula is C19H16ClN5O3. The van der Waals surface area contributed by atoms with E-state index >= 15 is 0 Å². The molecule has 0 unspecified atom stereocenters. The molecule has 3 amide bonds. The number of hydrogen-bond acceptors (Lipinski definition) is 6. The van der Waals surface area contributed by atoms with Crippen LogP contribution in [0.1, 0.15) is 5.56 Å². The number of carbonyl (C=O) groups is 3. The first-order chi connectivity index (χ1) is 13.5. The fraction of sp³-hybridized carbons (Fsp3) is 0.211. The largest absolute Gasteiger partial charge is 0.324 e. The number of anilines is 2. The Hall–Kier alpha value is -3.26. The highest BCUT2D eigenvalue weighted by Gasteiger charge is 2.55. The van der Waals surface area contributed by atoms with E-state index in [1.54, 1.807) is 30.3 Å². The Kier molecular flexibility index (Phi) is 4.56. The minimum Gasteiger partial charge on any atom is -0.324 e. The van der Waals surface area contributed by atoms with Gasteiger partial charge in [0.05, 0.1) is 5.69 Å². The number of para-hydroxylation sites is 1. The summed E-state index contributed by atoms with van der Waals surface area (Å²) in [6.45, 7) is 1.69. The predicted molar refractivity (Wildman–Crippen MR) is 103 cm³/mol. The maximum atomic E-state index is 12.9. The molecule has 2 aliphatic rings. The molecule has 1 fully saturated rings. The van der Waals surface area contributed by atoms with Gasteiger partial charge in [-0.25, -0.2) is 4.90 Å². The van der Waals surface area contributed by atoms with Crippen LogP contribution in [0.2, 0.25) is 5.02 Å². The highest BCUT2D eigenvalue weighted by Crippen LogP contribution is 2.32. The van der Waals surface area contributed by atoms with Crippen molar-refractivity contribution in [1.29, 1.82) is 0 Å². The predicted octanol–water partition coefficient (Wildman–Crippen LogP) is 2.58. The van der Waals surface area contributed by atoms with E-state index in [0.717, 1.165) is 10.5 Å². The number of fused-ring (bicyclic) bond motifs is 1. The molecule has 0 aromatic heterocycles. The molecule has 2 aromatic carbocycles. The minimum absolute atomic E-state index is 0.188. The molecule has 0 radical (unpaired) electrons. The van der Waals surface area contributed by atoms with E-state index in [1.165, 1.54) is 5.01 Å². The third-order valence-corrected chi connectivity index (χ3v) is 4.92. The summed E-state index contributed by atoms with van der Waals surface area (Å²) >= 11 is 5.87. The van der Waals surface area contributed by atoms with E-state index in [2.05, 4.69) is 15.7 Å². The van der Waals surface area contributed by atoms with Crippen LogP contribution in [0, 0.1) is 6.92 Å². The average Bonchev–Trinajstić information content (AvgIpc) is 3.18. The van der Waals surface area contributed by atoms with Crippen molar-refractivity contribution >= 4 is 40.7 Å². The highest BCUT2D eigenvalue weighted by molar-refractivity contribution is 6.31. The number of halogens is 1. The van der Waals surface area contributed by atoms with Gasteiger partial charge in [0.15, 0.2) is 12.1 Å². The zero-order chi connectivity index (χ0) is 19.8. The van der Waals surface area contributed by atoms with Crippen molar-refractivity contribution in [3.05, 3.63) is 59.1 Å².